The van der Waals surface area contributed by atoms with Crippen LogP contribution in [0.3, 0.4) is 0 Å². The van der Waals surface area contributed by atoms with Crippen LogP contribution in [0.1, 0.15) is 37.3 Å². The molecule has 36 heavy (non-hydrogen) atoms. The van der Waals surface area contributed by atoms with Gasteiger partial charge >= 0.3 is 0 Å². The number of rotatable bonds is 5. The van der Waals surface area contributed by atoms with E-state index in [2.05, 4.69) is 12.1 Å². The van der Waals surface area contributed by atoms with E-state index in [0.29, 0.717) is 52.6 Å². The van der Waals surface area contributed by atoms with Gasteiger partial charge in [-0.05, 0) is 44.0 Å². The van der Waals surface area contributed by atoms with Gasteiger partial charge in [-0.15, -0.1) is 0 Å². The Kier molecular flexibility index (Phi) is 4.90. The number of imide groups is 1. The Balaban J connectivity index is 1.34. The molecule has 3 aromatic carbocycles. The molecule has 4 atom stereocenters. The zero-order valence-electron chi connectivity index (χ0n) is 19.7. The molecule has 3 fully saturated rings. The van der Waals surface area contributed by atoms with Crippen molar-refractivity contribution < 1.29 is 19.1 Å². The fourth-order valence-corrected chi connectivity index (χ4v) is 6.44. The summed E-state index contributed by atoms with van der Waals surface area (Å²) in [5.74, 6) is -1.20. The van der Waals surface area contributed by atoms with Crippen molar-refractivity contribution in [2.75, 3.05) is 11.5 Å². The summed E-state index contributed by atoms with van der Waals surface area (Å²) in [5.41, 5.74) is -0.0756. The second kappa shape index (κ2) is 7.91. The highest BCUT2D eigenvalue weighted by atomic mass is 16.5. The zero-order chi connectivity index (χ0) is 25.1. The Bertz CT molecular complexity index is 1520. The molecule has 3 aliphatic rings. The molecule has 3 aliphatic heterocycles. The molecule has 0 N–H and O–H groups in total. The Hall–Kier alpha value is -4.20. The van der Waals surface area contributed by atoms with Crippen molar-refractivity contribution in [1.29, 1.82) is 10.5 Å². The number of carbonyl (C=O) groups excluding carboxylic acids is 2. The largest absolute Gasteiger partial charge is 0.492 e. The molecule has 3 heterocycles. The number of hydrogen-bond donors (Lipinski definition) is 0. The third-order valence-corrected chi connectivity index (χ3v) is 8.06. The van der Waals surface area contributed by atoms with Crippen LogP contribution in [0.25, 0.3) is 10.8 Å². The van der Waals surface area contributed by atoms with E-state index in [-0.39, 0.29) is 18.4 Å². The fraction of sp³-hybridized carbons (Fsp3) is 0.310. The molecule has 7 heteroatoms. The molecular weight excluding hydrogens is 454 g/mol. The molecule has 2 amide bonds. The second-order valence-corrected chi connectivity index (χ2v) is 9.94. The first kappa shape index (κ1) is 22.3. The van der Waals surface area contributed by atoms with E-state index < -0.39 is 23.0 Å². The maximum atomic E-state index is 13.9. The van der Waals surface area contributed by atoms with Crippen molar-refractivity contribution in [1.82, 2.24) is 0 Å². The number of nitriles is 2. The molecule has 2 bridgehead atoms. The lowest BCUT2D eigenvalue weighted by molar-refractivity contribution is -0.131. The summed E-state index contributed by atoms with van der Waals surface area (Å²) in [6, 6.07) is 22.0. The predicted molar refractivity (Wildman–Crippen MR) is 131 cm³/mol. The first-order valence-electron chi connectivity index (χ1n) is 12.0. The first-order chi connectivity index (χ1) is 17.4. The van der Waals surface area contributed by atoms with Crippen LogP contribution in [0.15, 0.2) is 60.7 Å². The van der Waals surface area contributed by atoms with Crippen LogP contribution in [-0.2, 0) is 14.3 Å². The quantitative estimate of drug-likeness (QED) is 0.502. The minimum atomic E-state index is -0.801. The smallest absolute Gasteiger partial charge is 0.240 e. The number of fused-ring (bicyclic) bond motifs is 6. The molecule has 3 saturated heterocycles. The number of ether oxygens (including phenoxy) is 2. The van der Waals surface area contributed by atoms with Crippen molar-refractivity contribution in [3.8, 4) is 17.9 Å². The summed E-state index contributed by atoms with van der Waals surface area (Å²) < 4.78 is 12.4. The molecule has 0 radical (unpaired) electrons. The molecule has 0 saturated carbocycles. The van der Waals surface area contributed by atoms with Crippen molar-refractivity contribution in [3.63, 3.8) is 0 Å². The van der Waals surface area contributed by atoms with Gasteiger partial charge in [-0.1, -0.05) is 36.4 Å². The first-order valence-corrected chi connectivity index (χ1v) is 12.0. The van der Waals surface area contributed by atoms with E-state index >= 15 is 0 Å². The number of nitrogens with zero attached hydrogens (tertiary/aromatic N) is 3. The number of carbonyl (C=O) groups is 2. The van der Waals surface area contributed by atoms with E-state index in [1.54, 1.807) is 30.3 Å². The van der Waals surface area contributed by atoms with E-state index in [0.717, 1.165) is 0 Å². The van der Waals surface area contributed by atoms with Gasteiger partial charge in [0.1, 0.15) is 11.8 Å². The molecule has 0 unspecified atom stereocenters. The molecule has 7 nitrogen and oxygen atoms in total. The fourth-order valence-electron chi connectivity index (χ4n) is 6.44. The van der Waals surface area contributed by atoms with Gasteiger partial charge in [-0.2, -0.15) is 10.5 Å². The van der Waals surface area contributed by atoms with Gasteiger partial charge < -0.3 is 9.47 Å². The zero-order valence-corrected chi connectivity index (χ0v) is 19.7. The normalized spacial score (nSPS) is 28.2. The van der Waals surface area contributed by atoms with Crippen LogP contribution in [0, 0.1) is 34.5 Å². The lowest BCUT2D eigenvalue weighted by atomic mass is 9.67. The molecule has 0 aliphatic carbocycles. The van der Waals surface area contributed by atoms with Gasteiger partial charge in [0.2, 0.25) is 11.8 Å². The highest BCUT2D eigenvalue weighted by Gasteiger charge is 2.73. The average Bonchev–Trinajstić information content (AvgIpc) is 3.48. The average molecular weight is 478 g/mol. The second-order valence-electron chi connectivity index (χ2n) is 9.94. The van der Waals surface area contributed by atoms with Gasteiger partial charge in [0.25, 0.3) is 0 Å². The Morgan fingerprint density at radius 1 is 0.917 bits per heavy atom. The molecule has 6 rings (SSSR count). The Morgan fingerprint density at radius 3 is 2.39 bits per heavy atom. The maximum Gasteiger partial charge on any atom is 0.240 e. The summed E-state index contributed by atoms with van der Waals surface area (Å²) in [4.78, 5) is 29.1. The van der Waals surface area contributed by atoms with E-state index in [4.69, 9.17) is 9.47 Å². The summed E-state index contributed by atoms with van der Waals surface area (Å²) in [6.45, 7) is 2.19. The highest BCUT2D eigenvalue weighted by molar-refractivity contribution is 6.26. The van der Waals surface area contributed by atoms with Crippen molar-refractivity contribution in [2.45, 2.75) is 37.4 Å². The van der Waals surface area contributed by atoms with Crippen LogP contribution < -0.4 is 9.64 Å². The van der Waals surface area contributed by atoms with E-state index in [1.807, 2.05) is 37.3 Å². The minimum Gasteiger partial charge on any atom is -0.492 e. The SMILES string of the molecule is C[C@]12CC[C@](CCOc3ccccc3C#N)(O1)[C@@H]1C(=O)N(c3ccc(C#N)c4ccccc34)C(=O)[C@@H]12. The van der Waals surface area contributed by atoms with Crippen molar-refractivity contribution >= 4 is 28.3 Å². The number of benzene rings is 3. The lowest BCUT2D eigenvalue weighted by Gasteiger charge is -2.31. The van der Waals surface area contributed by atoms with Crippen molar-refractivity contribution in [2.24, 2.45) is 11.8 Å². The number of anilines is 1. The summed E-state index contributed by atoms with van der Waals surface area (Å²) in [6.07, 6.45) is 1.78. The Labute approximate surface area is 208 Å². The minimum absolute atomic E-state index is 0.250. The van der Waals surface area contributed by atoms with E-state index in [9.17, 15) is 20.1 Å². The molecule has 0 spiro atoms. The standard InChI is InChI=1S/C29H23N3O4/c1-28-12-13-29(36-28,14-15-35-23-9-5-2-6-19(23)17-31)25-24(28)26(33)32(27(25)34)22-11-10-18(16-30)20-7-3-4-8-21(20)22/h2-11,24-25H,12-15H2,1H3/t24-,25+,28-,29-/m1/s1. The van der Waals surface area contributed by atoms with Crippen LogP contribution in [-0.4, -0.2) is 29.6 Å². The monoisotopic (exact) mass is 477 g/mol. The van der Waals surface area contributed by atoms with Gasteiger partial charge in [0.15, 0.2) is 0 Å². The van der Waals surface area contributed by atoms with Gasteiger partial charge in [-0.3, -0.25) is 9.59 Å². The van der Waals surface area contributed by atoms with Crippen LogP contribution in [0.2, 0.25) is 0 Å². The molecule has 0 aromatic heterocycles. The molecule has 178 valence electrons. The van der Waals surface area contributed by atoms with Crippen LogP contribution in [0.4, 0.5) is 5.69 Å². The van der Waals surface area contributed by atoms with Crippen molar-refractivity contribution in [3.05, 3.63) is 71.8 Å². The predicted octanol–water partition coefficient (Wildman–Crippen LogP) is 4.48. The number of amides is 2. The van der Waals surface area contributed by atoms with Crippen LogP contribution in [0.5, 0.6) is 5.75 Å². The summed E-state index contributed by atoms with van der Waals surface area (Å²) in [5, 5.41) is 20.3. The molecule has 3 aromatic rings. The third kappa shape index (κ3) is 3.00. The van der Waals surface area contributed by atoms with Gasteiger partial charge in [0.05, 0.1) is 52.5 Å². The maximum absolute atomic E-state index is 13.9. The van der Waals surface area contributed by atoms with Gasteiger partial charge in [-0.25, -0.2) is 4.90 Å². The number of hydrogen-bond acceptors (Lipinski definition) is 6. The Morgan fingerprint density at radius 2 is 1.61 bits per heavy atom. The summed E-state index contributed by atoms with van der Waals surface area (Å²) >= 11 is 0. The van der Waals surface area contributed by atoms with Crippen LogP contribution >= 0.6 is 0 Å². The number of para-hydroxylation sites is 1. The van der Waals surface area contributed by atoms with E-state index in [1.165, 1.54) is 4.90 Å². The topological polar surface area (TPSA) is 103 Å². The summed E-state index contributed by atoms with van der Waals surface area (Å²) in [7, 11) is 0. The highest BCUT2D eigenvalue weighted by Crippen LogP contribution is 2.62. The third-order valence-electron chi connectivity index (χ3n) is 8.06. The van der Waals surface area contributed by atoms with Gasteiger partial charge in [0, 0.05) is 17.2 Å². The lowest BCUT2D eigenvalue weighted by Crippen LogP contribution is -2.43. The molecular formula is C29H23N3O4.